The Bertz CT molecular complexity index is 535. The van der Waals surface area contributed by atoms with Gasteiger partial charge in [-0.3, -0.25) is 10.1 Å². The average molecular weight is 277 g/mol. The molecule has 0 amide bonds. The largest absolute Gasteiger partial charge is 0.378 e. The number of nitrogens with one attached hydrogen (secondary N) is 1. The fourth-order valence-electron chi connectivity index (χ4n) is 3.91. The second kappa shape index (κ2) is 4.88. The highest BCUT2D eigenvalue weighted by Crippen LogP contribution is 2.50. The summed E-state index contributed by atoms with van der Waals surface area (Å²) in [5.41, 5.74) is 5.36. The zero-order valence-corrected chi connectivity index (χ0v) is 11.5. The van der Waals surface area contributed by atoms with E-state index in [2.05, 4.69) is 22.2 Å². The van der Waals surface area contributed by atoms with Crippen LogP contribution in [0, 0.1) is 27.9 Å². The van der Waals surface area contributed by atoms with Crippen LogP contribution in [0.15, 0.2) is 6.33 Å². The third-order valence-corrected chi connectivity index (χ3v) is 4.83. The smallest absolute Gasteiger partial charge is 0.352 e. The summed E-state index contributed by atoms with van der Waals surface area (Å²) >= 11 is 0. The molecule has 3 N–H and O–H groups in total. The molecular formula is C13H19N5O2. The Morgan fingerprint density at radius 3 is 2.85 bits per heavy atom. The highest BCUT2D eigenvalue weighted by molar-refractivity contribution is 5.67. The Labute approximate surface area is 117 Å². The van der Waals surface area contributed by atoms with Crippen molar-refractivity contribution in [1.29, 1.82) is 0 Å². The van der Waals surface area contributed by atoms with Crippen molar-refractivity contribution in [3.63, 3.8) is 0 Å². The number of nitrogens with two attached hydrogens (primary N) is 1. The van der Waals surface area contributed by atoms with Crippen LogP contribution < -0.4 is 11.1 Å². The zero-order chi connectivity index (χ0) is 14.3. The molecule has 1 aromatic rings. The van der Waals surface area contributed by atoms with E-state index in [0.29, 0.717) is 5.92 Å². The average Bonchev–Trinajstić information content (AvgIpc) is 3.00. The maximum atomic E-state index is 11.1. The number of hydrogen-bond donors (Lipinski definition) is 2. The Morgan fingerprint density at radius 2 is 2.25 bits per heavy atom. The highest BCUT2D eigenvalue weighted by Gasteiger charge is 2.42. The highest BCUT2D eigenvalue weighted by atomic mass is 16.6. The van der Waals surface area contributed by atoms with E-state index in [4.69, 9.17) is 5.73 Å². The van der Waals surface area contributed by atoms with Gasteiger partial charge in [0.1, 0.15) is 6.33 Å². The third kappa shape index (κ3) is 2.17. The van der Waals surface area contributed by atoms with E-state index in [9.17, 15) is 10.1 Å². The minimum Gasteiger partial charge on any atom is -0.378 e. The minimum atomic E-state index is -0.523. The number of fused-ring (bicyclic) bond motifs is 2. The van der Waals surface area contributed by atoms with Gasteiger partial charge in [0, 0.05) is 6.04 Å². The zero-order valence-electron chi connectivity index (χ0n) is 11.5. The first kappa shape index (κ1) is 13.1. The molecule has 4 atom stereocenters. The maximum Gasteiger partial charge on any atom is 0.352 e. The summed E-state index contributed by atoms with van der Waals surface area (Å²) in [4.78, 5) is 18.2. The third-order valence-electron chi connectivity index (χ3n) is 4.83. The molecule has 2 aliphatic carbocycles. The van der Waals surface area contributed by atoms with Gasteiger partial charge in [-0.1, -0.05) is 6.42 Å². The van der Waals surface area contributed by atoms with E-state index in [0.717, 1.165) is 11.8 Å². The molecule has 0 unspecified atom stereocenters. The summed E-state index contributed by atoms with van der Waals surface area (Å²) < 4.78 is 0. The number of aromatic nitrogens is 2. The van der Waals surface area contributed by atoms with Crippen molar-refractivity contribution in [2.24, 2.45) is 17.8 Å². The lowest BCUT2D eigenvalue weighted by Crippen LogP contribution is -2.30. The molecule has 3 rings (SSSR count). The normalized spacial score (nSPS) is 29.4. The van der Waals surface area contributed by atoms with Crippen molar-refractivity contribution in [2.45, 2.75) is 38.6 Å². The summed E-state index contributed by atoms with van der Waals surface area (Å²) in [5.74, 6) is 2.32. The molecule has 0 aliphatic heterocycles. The van der Waals surface area contributed by atoms with Gasteiger partial charge in [0.2, 0.25) is 11.6 Å². The summed E-state index contributed by atoms with van der Waals surface area (Å²) in [6, 6.07) is 0.165. The van der Waals surface area contributed by atoms with Gasteiger partial charge in [-0.15, -0.1) is 0 Å². The monoisotopic (exact) mass is 277 g/mol. The Hall–Kier alpha value is -1.92. The first-order chi connectivity index (χ1) is 9.56. The van der Waals surface area contributed by atoms with Crippen LogP contribution >= 0.6 is 0 Å². The van der Waals surface area contributed by atoms with Crippen LogP contribution in [0.2, 0.25) is 0 Å². The van der Waals surface area contributed by atoms with Crippen LogP contribution in [-0.4, -0.2) is 20.9 Å². The molecule has 0 saturated heterocycles. The molecule has 0 aromatic carbocycles. The van der Waals surface area contributed by atoms with Crippen LogP contribution in [0.1, 0.15) is 32.6 Å². The van der Waals surface area contributed by atoms with Gasteiger partial charge in [-0.2, -0.15) is 0 Å². The van der Waals surface area contributed by atoms with Gasteiger partial charge in [-0.25, -0.2) is 9.97 Å². The molecule has 1 aromatic heterocycles. The van der Waals surface area contributed by atoms with Crippen LogP contribution in [0.5, 0.6) is 0 Å². The summed E-state index contributed by atoms with van der Waals surface area (Å²) in [7, 11) is 0. The predicted octanol–water partition coefficient (Wildman–Crippen LogP) is 2.20. The predicted molar refractivity (Wildman–Crippen MR) is 75.1 cm³/mol. The molecule has 7 nitrogen and oxygen atoms in total. The molecule has 7 heteroatoms. The Kier molecular flexibility index (Phi) is 3.19. The summed E-state index contributed by atoms with van der Waals surface area (Å²) in [5, 5.41) is 14.3. The van der Waals surface area contributed by atoms with Gasteiger partial charge in [0.25, 0.3) is 0 Å². The van der Waals surface area contributed by atoms with Gasteiger partial charge in [0.15, 0.2) is 0 Å². The molecule has 2 fully saturated rings. The van der Waals surface area contributed by atoms with Gasteiger partial charge >= 0.3 is 5.69 Å². The van der Waals surface area contributed by atoms with Crippen molar-refractivity contribution in [2.75, 3.05) is 11.1 Å². The fraction of sp³-hybridized carbons (Fsp3) is 0.692. The number of rotatable bonds is 4. The summed E-state index contributed by atoms with van der Waals surface area (Å²) in [6.45, 7) is 2.08. The van der Waals surface area contributed by atoms with Gasteiger partial charge < -0.3 is 11.1 Å². The Morgan fingerprint density at radius 1 is 1.45 bits per heavy atom. The van der Waals surface area contributed by atoms with E-state index in [-0.39, 0.29) is 23.4 Å². The molecule has 2 bridgehead atoms. The minimum absolute atomic E-state index is 0.0901. The van der Waals surface area contributed by atoms with Crippen molar-refractivity contribution in [3.8, 4) is 0 Å². The molecule has 2 aliphatic rings. The standard InChI is InChI=1S/C13H19N5O2/c1-7(10-5-8-2-3-9(10)4-8)17-13-11(18(19)20)12(14)15-6-16-13/h6-10H,2-5H2,1H3,(H3,14,15,16,17)/t7-,8+,9+,10+/m1/s1. The molecule has 0 spiro atoms. The summed E-state index contributed by atoms with van der Waals surface area (Å²) in [6.07, 6.45) is 6.42. The van der Waals surface area contributed by atoms with Crippen molar-refractivity contribution < 1.29 is 4.92 Å². The van der Waals surface area contributed by atoms with E-state index in [1.54, 1.807) is 0 Å². The molecule has 108 valence electrons. The van der Waals surface area contributed by atoms with E-state index in [1.807, 2.05) is 0 Å². The fourth-order valence-corrected chi connectivity index (χ4v) is 3.91. The van der Waals surface area contributed by atoms with Crippen molar-refractivity contribution >= 4 is 17.3 Å². The van der Waals surface area contributed by atoms with Gasteiger partial charge in [-0.05, 0) is 43.9 Å². The van der Waals surface area contributed by atoms with Crippen LogP contribution in [0.25, 0.3) is 0 Å². The SMILES string of the molecule is C[C@@H](Nc1ncnc(N)c1[N+](=O)[O-])[C@@H]1C[C@H]2CC[C@H]1C2. The second-order valence-electron chi connectivity index (χ2n) is 5.98. The molecule has 1 heterocycles. The topological polar surface area (TPSA) is 107 Å². The molecule has 20 heavy (non-hydrogen) atoms. The van der Waals surface area contributed by atoms with E-state index < -0.39 is 4.92 Å². The maximum absolute atomic E-state index is 11.1. The van der Waals surface area contributed by atoms with Crippen LogP contribution in [0.4, 0.5) is 17.3 Å². The van der Waals surface area contributed by atoms with Gasteiger partial charge in [0.05, 0.1) is 4.92 Å². The lowest BCUT2D eigenvalue weighted by molar-refractivity contribution is -0.383. The number of anilines is 2. The van der Waals surface area contributed by atoms with Crippen LogP contribution in [-0.2, 0) is 0 Å². The number of hydrogen-bond acceptors (Lipinski definition) is 6. The first-order valence-electron chi connectivity index (χ1n) is 7.07. The Balaban J connectivity index is 1.78. The quantitative estimate of drug-likeness (QED) is 0.645. The van der Waals surface area contributed by atoms with E-state index >= 15 is 0 Å². The molecule has 0 radical (unpaired) electrons. The van der Waals surface area contributed by atoms with Crippen molar-refractivity contribution in [1.82, 2.24) is 9.97 Å². The second-order valence-corrected chi connectivity index (χ2v) is 5.98. The first-order valence-corrected chi connectivity index (χ1v) is 7.07. The lowest BCUT2D eigenvalue weighted by atomic mass is 9.84. The lowest BCUT2D eigenvalue weighted by Gasteiger charge is -2.28. The van der Waals surface area contributed by atoms with E-state index in [1.165, 1.54) is 32.0 Å². The number of nitro groups is 1. The number of nitrogen functional groups attached to an aromatic ring is 1. The molecular weight excluding hydrogens is 258 g/mol. The molecule has 2 saturated carbocycles. The van der Waals surface area contributed by atoms with Crippen LogP contribution in [0.3, 0.4) is 0 Å². The van der Waals surface area contributed by atoms with Crippen molar-refractivity contribution in [3.05, 3.63) is 16.4 Å². The number of nitrogens with zero attached hydrogens (tertiary/aromatic N) is 3.